The van der Waals surface area contributed by atoms with Crippen LogP contribution in [-0.4, -0.2) is 12.1 Å². The third kappa shape index (κ3) is 1.44. The topological polar surface area (TPSA) is 61.3 Å². The molecule has 0 aliphatic heterocycles. The van der Waals surface area contributed by atoms with Gasteiger partial charge in [0, 0.05) is 6.07 Å². The number of ether oxygens (including phenoxy) is 1. The summed E-state index contributed by atoms with van der Waals surface area (Å²) in [7, 11) is 1.62. The Kier molecular flexibility index (Phi) is 2.13. The quantitative estimate of drug-likeness (QED) is 0.788. The third-order valence-electron chi connectivity index (χ3n) is 2.00. The van der Waals surface area contributed by atoms with E-state index >= 15 is 0 Å². The van der Waals surface area contributed by atoms with E-state index in [1.165, 1.54) is 0 Å². The summed E-state index contributed by atoms with van der Waals surface area (Å²) >= 11 is 0. The zero-order valence-electron chi connectivity index (χ0n) is 8.15. The lowest BCUT2D eigenvalue weighted by Crippen LogP contribution is -2.04. The molecule has 0 fully saturated rings. The van der Waals surface area contributed by atoms with Crippen molar-refractivity contribution in [2.45, 2.75) is 13.0 Å². The van der Waals surface area contributed by atoms with Crippen LogP contribution in [0.15, 0.2) is 22.6 Å². The van der Waals surface area contributed by atoms with Gasteiger partial charge in [-0.1, -0.05) is 0 Å². The van der Waals surface area contributed by atoms with E-state index in [-0.39, 0.29) is 6.04 Å². The van der Waals surface area contributed by atoms with Gasteiger partial charge in [-0.15, -0.1) is 0 Å². The average Bonchev–Trinajstić information content (AvgIpc) is 2.59. The van der Waals surface area contributed by atoms with Crippen molar-refractivity contribution in [2.24, 2.45) is 5.73 Å². The molecule has 0 saturated carbocycles. The highest BCUT2D eigenvalue weighted by molar-refractivity contribution is 5.74. The predicted octanol–water partition coefficient (Wildman–Crippen LogP) is 1.86. The number of benzene rings is 1. The summed E-state index contributed by atoms with van der Waals surface area (Å²) in [6.45, 7) is 1.84. The number of nitrogens with zero attached hydrogens (tertiary/aromatic N) is 1. The molecule has 0 amide bonds. The molecule has 1 atom stereocenters. The van der Waals surface area contributed by atoms with E-state index in [1.54, 1.807) is 13.2 Å². The van der Waals surface area contributed by atoms with E-state index in [0.29, 0.717) is 11.5 Å². The number of fused-ring (bicyclic) bond motifs is 1. The number of rotatable bonds is 2. The highest BCUT2D eigenvalue weighted by Crippen LogP contribution is 2.23. The van der Waals surface area contributed by atoms with Crippen LogP contribution in [-0.2, 0) is 0 Å². The molecule has 0 bridgehead atoms. The van der Waals surface area contributed by atoms with Crippen LogP contribution in [0, 0.1) is 0 Å². The maximum Gasteiger partial charge on any atom is 0.212 e. The van der Waals surface area contributed by atoms with Gasteiger partial charge in [-0.05, 0) is 19.1 Å². The van der Waals surface area contributed by atoms with Gasteiger partial charge in [-0.25, -0.2) is 4.98 Å². The van der Waals surface area contributed by atoms with Crippen molar-refractivity contribution < 1.29 is 9.15 Å². The summed E-state index contributed by atoms with van der Waals surface area (Å²) in [4.78, 5) is 4.24. The Morgan fingerprint density at radius 3 is 2.93 bits per heavy atom. The molecule has 74 valence electrons. The Balaban J connectivity index is 2.54. The molecule has 0 saturated heterocycles. The molecule has 1 aromatic carbocycles. The van der Waals surface area contributed by atoms with Crippen molar-refractivity contribution in [3.05, 3.63) is 24.1 Å². The summed E-state index contributed by atoms with van der Waals surface area (Å²) in [6.07, 6.45) is 0. The second kappa shape index (κ2) is 3.31. The van der Waals surface area contributed by atoms with Gasteiger partial charge in [-0.3, -0.25) is 0 Å². The lowest BCUT2D eigenvalue weighted by atomic mass is 10.3. The van der Waals surface area contributed by atoms with E-state index in [0.717, 1.165) is 11.3 Å². The summed E-state index contributed by atoms with van der Waals surface area (Å²) in [5.74, 6) is 1.30. The monoisotopic (exact) mass is 192 g/mol. The molecule has 0 radical (unpaired) electrons. The van der Waals surface area contributed by atoms with Crippen LogP contribution in [0.3, 0.4) is 0 Å². The van der Waals surface area contributed by atoms with Crippen LogP contribution in [0.25, 0.3) is 11.1 Å². The maximum absolute atomic E-state index is 5.66. The number of nitrogens with two attached hydrogens (primary N) is 1. The Morgan fingerprint density at radius 1 is 1.50 bits per heavy atom. The van der Waals surface area contributed by atoms with Gasteiger partial charge in [0.2, 0.25) is 5.89 Å². The molecular formula is C10H12N2O2. The zero-order valence-corrected chi connectivity index (χ0v) is 8.15. The van der Waals surface area contributed by atoms with Crippen LogP contribution >= 0.6 is 0 Å². The van der Waals surface area contributed by atoms with Gasteiger partial charge in [-0.2, -0.15) is 0 Å². The third-order valence-corrected chi connectivity index (χ3v) is 2.00. The molecule has 1 heterocycles. The van der Waals surface area contributed by atoms with E-state index in [1.807, 2.05) is 19.1 Å². The first-order valence-electron chi connectivity index (χ1n) is 4.41. The molecule has 0 aliphatic carbocycles. The van der Waals surface area contributed by atoms with Gasteiger partial charge in [0.25, 0.3) is 0 Å². The lowest BCUT2D eigenvalue weighted by Gasteiger charge is -1.96. The van der Waals surface area contributed by atoms with Gasteiger partial charge >= 0.3 is 0 Å². The first-order valence-corrected chi connectivity index (χ1v) is 4.41. The van der Waals surface area contributed by atoms with Gasteiger partial charge in [0.1, 0.15) is 11.3 Å². The molecule has 1 unspecified atom stereocenters. The minimum atomic E-state index is -0.187. The molecule has 0 spiro atoms. The molecule has 2 N–H and O–H groups in total. The van der Waals surface area contributed by atoms with Crippen LogP contribution in [0.2, 0.25) is 0 Å². The minimum Gasteiger partial charge on any atom is -0.497 e. The normalized spacial score (nSPS) is 13.1. The molecule has 4 heteroatoms. The highest BCUT2D eigenvalue weighted by Gasteiger charge is 2.09. The summed E-state index contributed by atoms with van der Waals surface area (Å²) in [6, 6.07) is 5.31. The van der Waals surface area contributed by atoms with E-state index in [4.69, 9.17) is 14.9 Å². The molecule has 14 heavy (non-hydrogen) atoms. The maximum atomic E-state index is 5.66. The number of aromatic nitrogens is 1. The van der Waals surface area contributed by atoms with Crippen molar-refractivity contribution in [3.63, 3.8) is 0 Å². The van der Waals surface area contributed by atoms with E-state index < -0.39 is 0 Å². The SMILES string of the molecule is COc1ccc2nc(C(C)N)oc2c1. The fourth-order valence-electron chi connectivity index (χ4n) is 1.24. The van der Waals surface area contributed by atoms with Crippen molar-refractivity contribution in [3.8, 4) is 5.75 Å². The Bertz CT molecular complexity index is 448. The second-order valence-corrected chi connectivity index (χ2v) is 3.17. The molecular weight excluding hydrogens is 180 g/mol. The van der Waals surface area contributed by atoms with Crippen molar-refractivity contribution >= 4 is 11.1 Å². The largest absolute Gasteiger partial charge is 0.497 e. The number of methoxy groups -OCH3 is 1. The van der Waals surface area contributed by atoms with Gasteiger partial charge in [0.05, 0.1) is 13.2 Å². The van der Waals surface area contributed by atoms with Crippen molar-refractivity contribution in [1.29, 1.82) is 0 Å². The fraction of sp³-hybridized carbons (Fsp3) is 0.300. The standard InChI is InChI=1S/C10H12N2O2/c1-6(11)10-12-8-4-3-7(13-2)5-9(8)14-10/h3-6H,11H2,1-2H3. The van der Waals surface area contributed by atoms with Gasteiger partial charge in [0.15, 0.2) is 5.58 Å². The summed E-state index contributed by atoms with van der Waals surface area (Å²) in [5.41, 5.74) is 7.17. The fourth-order valence-corrected chi connectivity index (χ4v) is 1.24. The number of hydrogen-bond donors (Lipinski definition) is 1. The van der Waals surface area contributed by atoms with E-state index in [9.17, 15) is 0 Å². The number of oxazole rings is 1. The average molecular weight is 192 g/mol. The highest BCUT2D eigenvalue weighted by atomic mass is 16.5. The molecule has 2 rings (SSSR count). The summed E-state index contributed by atoms with van der Waals surface area (Å²) in [5, 5.41) is 0. The van der Waals surface area contributed by atoms with Crippen LogP contribution in [0.4, 0.5) is 0 Å². The minimum absolute atomic E-state index is 0.187. The smallest absolute Gasteiger partial charge is 0.212 e. The van der Waals surface area contributed by atoms with E-state index in [2.05, 4.69) is 4.98 Å². The zero-order chi connectivity index (χ0) is 10.1. The van der Waals surface area contributed by atoms with Crippen LogP contribution < -0.4 is 10.5 Å². The Morgan fingerprint density at radius 2 is 2.29 bits per heavy atom. The summed E-state index contributed by atoms with van der Waals surface area (Å²) < 4.78 is 10.5. The molecule has 2 aromatic rings. The molecule has 1 aromatic heterocycles. The van der Waals surface area contributed by atoms with Crippen LogP contribution in [0.1, 0.15) is 18.9 Å². The van der Waals surface area contributed by atoms with Crippen molar-refractivity contribution in [2.75, 3.05) is 7.11 Å². The number of hydrogen-bond acceptors (Lipinski definition) is 4. The molecule has 0 aliphatic rings. The first-order chi connectivity index (χ1) is 6.70. The second-order valence-electron chi connectivity index (χ2n) is 3.17. The Hall–Kier alpha value is -1.55. The lowest BCUT2D eigenvalue weighted by molar-refractivity contribution is 0.414. The Labute approximate surface area is 81.7 Å². The van der Waals surface area contributed by atoms with Crippen molar-refractivity contribution in [1.82, 2.24) is 4.98 Å². The van der Waals surface area contributed by atoms with Gasteiger partial charge < -0.3 is 14.9 Å². The first kappa shape index (κ1) is 9.02. The predicted molar refractivity (Wildman–Crippen MR) is 53.2 cm³/mol. The molecule has 4 nitrogen and oxygen atoms in total. The van der Waals surface area contributed by atoms with Crippen LogP contribution in [0.5, 0.6) is 5.75 Å².